The van der Waals surface area contributed by atoms with Gasteiger partial charge in [-0.25, -0.2) is 0 Å². The fraction of sp³-hybridized carbons (Fsp3) is 0.579. The molecule has 26 heavy (non-hydrogen) atoms. The first-order valence-corrected chi connectivity index (χ1v) is 9.71. The Labute approximate surface area is 156 Å². The third-order valence-corrected chi connectivity index (χ3v) is 7.03. The van der Waals surface area contributed by atoms with Crippen molar-refractivity contribution in [3.63, 3.8) is 0 Å². The van der Waals surface area contributed by atoms with Gasteiger partial charge < -0.3 is 9.47 Å². The van der Waals surface area contributed by atoms with Gasteiger partial charge in [0.1, 0.15) is 6.10 Å². The molecule has 2 aliphatic heterocycles. The van der Waals surface area contributed by atoms with Crippen LogP contribution in [0.1, 0.15) is 49.5 Å². The van der Waals surface area contributed by atoms with Crippen molar-refractivity contribution >= 4 is 17.2 Å². The lowest BCUT2D eigenvalue weighted by molar-refractivity contribution is -0.288. The number of ether oxygens (including phenoxy) is 2. The van der Waals surface area contributed by atoms with E-state index in [0.717, 1.165) is 25.7 Å². The van der Waals surface area contributed by atoms with E-state index < -0.39 is 28.6 Å². The van der Waals surface area contributed by atoms with Crippen LogP contribution < -0.4 is 0 Å². The molecule has 6 nitrogen and oxygen atoms in total. The van der Waals surface area contributed by atoms with E-state index in [0.29, 0.717) is 17.7 Å². The SMILES string of the molecule is N#CC1(C#N)C(c2cccs2)OC23CCCCCCC2C1(C#N)C(=N)O3. The Morgan fingerprint density at radius 1 is 1.12 bits per heavy atom. The molecule has 2 bridgehead atoms. The molecule has 3 heterocycles. The minimum Gasteiger partial charge on any atom is -0.447 e. The lowest BCUT2D eigenvalue weighted by Crippen LogP contribution is -2.59. The van der Waals surface area contributed by atoms with Gasteiger partial charge in [0.05, 0.1) is 24.1 Å². The van der Waals surface area contributed by atoms with Crippen LogP contribution in [0.2, 0.25) is 0 Å². The Bertz CT molecular complexity index is 848. The lowest BCUT2D eigenvalue weighted by atomic mass is 9.52. The summed E-state index contributed by atoms with van der Waals surface area (Å²) in [6.07, 6.45) is 4.08. The van der Waals surface area contributed by atoms with E-state index in [1.54, 1.807) is 0 Å². The Morgan fingerprint density at radius 2 is 1.88 bits per heavy atom. The highest BCUT2D eigenvalue weighted by Gasteiger charge is 2.80. The van der Waals surface area contributed by atoms with Crippen LogP contribution in [0.5, 0.6) is 0 Å². The number of nitrogens with one attached hydrogen (secondary N) is 1. The van der Waals surface area contributed by atoms with Crippen molar-refractivity contribution in [2.75, 3.05) is 0 Å². The quantitative estimate of drug-likeness (QED) is 0.805. The summed E-state index contributed by atoms with van der Waals surface area (Å²) in [6, 6.07) is 10.1. The summed E-state index contributed by atoms with van der Waals surface area (Å²) in [5.41, 5.74) is -3.42. The van der Waals surface area contributed by atoms with Gasteiger partial charge in [0, 0.05) is 11.3 Å². The Hall–Kier alpha value is -2.40. The molecule has 1 aliphatic carbocycles. The molecule has 4 unspecified atom stereocenters. The Morgan fingerprint density at radius 3 is 2.54 bits per heavy atom. The largest absolute Gasteiger partial charge is 0.447 e. The molecule has 0 radical (unpaired) electrons. The predicted molar refractivity (Wildman–Crippen MR) is 92.6 cm³/mol. The second kappa shape index (κ2) is 5.81. The monoisotopic (exact) mass is 366 g/mol. The standard InChI is InChI=1S/C19H18N4O2S/c20-10-17(11-21)15(13-6-5-9-26-13)24-19-8-4-2-1-3-7-14(19)18(17,12-22)16(23)25-19/h5-6,9,14-15,23H,1-4,7-8H2. The molecule has 1 N–H and O–H groups in total. The van der Waals surface area contributed by atoms with Crippen molar-refractivity contribution in [3.05, 3.63) is 22.4 Å². The predicted octanol–water partition coefficient (Wildman–Crippen LogP) is 4.04. The average molecular weight is 366 g/mol. The minimum atomic E-state index is -1.81. The van der Waals surface area contributed by atoms with Crippen molar-refractivity contribution in [2.45, 2.75) is 50.4 Å². The summed E-state index contributed by atoms with van der Waals surface area (Å²) in [5.74, 6) is -1.86. The van der Waals surface area contributed by atoms with Gasteiger partial charge in [0.15, 0.2) is 5.41 Å². The fourth-order valence-electron chi connectivity index (χ4n) is 4.91. The third kappa shape index (κ3) is 1.84. The molecule has 1 aromatic rings. The van der Waals surface area contributed by atoms with Crippen molar-refractivity contribution in [2.24, 2.45) is 16.7 Å². The first-order chi connectivity index (χ1) is 12.6. The van der Waals surface area contributed by atoms with E-state index in [-0.39, 0.29) is 5.90 Å². The van der Waals surface area contributed by atoms with Crippen molar-refractivity contribution in [1.29, 1.82) is 21.2 Å². The zero-order chi connectivity index (χ0) is 18.4. The maximum Gasteiger partial charge on any atom is 0.217 e. The van der Waals surface area contributed by atoms with Crippen molar-refractivity contribution < 1.29 is 9.47 Å². The number of thiophene rings is 1. The van der Waals surface area contributed by atoms with Crippen molar-refractivity contribution in [3.8, 4) is 18.2 Å². The maximum absolute atomic E-state index is 10.2. The van der Waals surface area contributed by atoms with E-state index in [4.69, 9.17) is 14.9 Å². The summed E-state index contributed by atoms with van der Waals surface area (Å²) in [6.45, 7) is 0. The summed E-state index contributed by atoms with van der Waals surface area (Å²) < 4.78 is 12.3. The Balaban J connectivity index is 1.99. The second-order valence-electron chi connectivity index (χ2n) is 7.21. The molecule has 2 saturated heterocycles. The highest BCUT2D eigenvalue weighted by atomic mass is 32.1. The fourth-order valence-corrected chi connectivity index (χ4v) is 5.73. The summed E-state index contributed by atoms with van der Waals surface area (Å²) >= 11 is 1.39. The molecule has 0 aromatic carbocycles. The zero-order valence-electron chi connectivity index (χ0n) is 14.2. The highest BCUT2D eigenvalue weighted by molar-refractivity contribution is 7.10. The van der Waals surface area contributed by atoms with Crippen LogP contribution in [-0.4, -0.2) is 11.7 Å². The van der Waals surface area contributed by atoms with Crippen LogP contribution >= 0.6 is 11.3 Å². The number of nitriles is 3. The number of hydrogen-bond donors (Lipinski definition) is 1. The van der Waals surface area contributed by atoms with E-state index in [2.05, 4.69) is 18.2 Å². The first-order valence-electron chi connectivity index (χ1n) is 8.83. The van der Waals surface area contributed by atoms with Crippen molar-refractivity contribution in [1.82, 2.24) is 0 Å². The van der Waals surface area contributed by atoms with Gasteiger partial charge in [-0.3, -0.25) is 5.41 Å². The molecule has 7 heteroatoms. The van der Waals surface area contributed by atoms with E-state index in [1.807, 2.05) is 17.5 Å². The third-order valence-electron chi connectivity index (χ3n) is 6.12. The van der Waals surface area contributed by atoms with Gasteiger partial charge in [0.25, 0.3) is 0 Å². The number of rotatable bonds is 1. The van der Waals surface area contributed by atoms with Crippen LogP contribution in [0.25, 0.3) is 0 Å². The summed E-state index contributed by atoms with van der Waals surface area (Å²) in [5, 5.41) is 40.8. The second-order valence-corrected chi connectivity index (χ2v) is 8.19. The van der Waals surface area contributed by atoms with Crippen LogP contribution in [0.4, 0.5) is 0 Å². The first kappa shape index (κ1) is 17.0. The highest BCUT2D eigenvalue weighted by Crippen LogP contribution is 2.69. The average Bonchev–Trinajstić information content (AvgIpc) is 3.21. The summed E-state index contributed by atoms with van der Waals surface area (Å²) in [7, 11) is 0. The van der Waals surface area contributed by atoms with Gasteiger partial charge in [-0.1, -0.05) is 25.3 Å². The van der Waals surface area contributed by atoms with E-state index in [9.17, 15) is 15.8 Å². The molecular formula is C19H18N4O2S. The van der Waals surface area contributed by atoms with Gasteiger partial charge in [-0.2, -0.15) is 15.8 Å². The van der Waals surface area contributed by atoms with E-state index >= 15 is 0 Å². The van der Waals surface area contributed by atoms with Crippen LogP contribution in [0.15, 0.2) is 17.5 Å². The molecule has 3 aliphatic rings. The van der Waals surface area contributed by atoms with Gasteiger partial charge in [0.2, 0.25) is 17.1 Å². The van der Waals surface area contributed by atoms with Gasteiger partial charge >= 0.3 is 0 Å². The lowest BCUT2D eigenvalue weighted by Gasteiger charge is -2.50. The molecule has 4 atom stereocenters. The molecule has 1 aromatic heterocycles. The number of hydrogen-bond acceptors (Lipinski definition) is 7. The van der Waals surface area contributed by atoms with Gasteiger partial charge in [-0.15, -0.1) is 11.3 Å². The minimum absolute atomic E-state index is 0.283. The smallest absolute Gasteiger partial charge is 0.217 e. The molecular weight excluding hydrogens is 348 g/mol. The summed E-state index contributed by atoms with van der Waals surface area (Å²) in [4.78, 5) is 0.714. The van der Waals surface area contributed by atoms with E-state index in [1.165, 1.54) is 11.3 Å². The zero-order valence-corrected chi connectivity index (χ0v) is 15.0. The van der Waals surface area contributed by atoms with Gasteiger partial charge in [-0.05, 0) is 24.3 Å². The number of nitrogens with zero attached hydrogens (tertiary/aromatic N) is 3. The topological polar surface area (TPSA) is 114 Å². The van der Waals surface area contributed by atoms with Crippen LogP contribution in [0.3, 0.4) is 0 Å². The Kier molecular flexibility index (Phi) is 3.81. The molecule has 0 spiro atoms. The normalized spacial score (nSPS) is 37.8. The molecule has 3 fully saturated rings. The molecule has 132 valence electrons. The maximum atomic E-state index is 10.2. The van der Waals surface area contributed by atoms with Crippen LogP contribution in [0, 0.1) is 56.2 Å². The molecule has 0 amide bonds. The molecule has 4 rings (SSSR count). The molecule has 1 saturated carbocycles. The van der Waals surface area contributed by atoms with Crippen LogP contribution in [-0.2, 0) is 9.47 Å².